The molecule has 0 aromatic rings. The highest BCUT2D eigenvalue weighted by molar-refractivity contribution is 7.89. The molecule has 2 unspecified atom stereocenters. The van der Waals surface area contributed by atoms with Crippen LogP contribution in [-0.2, 0) is 19.6 Å². The van der Waals surface area contributed by atoms with E-state index < -0.39 is 16.0 Å². The number of carbonyl (C=O) groups is 1. The number of hydrogen-bond donors (Lipinski definition) is 2. The van der Waals surface area contributed by atoms with Gasteiger partial charge in [0.15, 0.2) is 0 Å². The van der Waals surface area contributed by atoms with E-state index in [0.29, 0.717) is 25.9 Å². The summed E-state index contributed by atoms with van der Waals surface area (Å²) in [5.74, 6) is -1.25. The smallest absolute Gasteiger partial charge is 0.306 e. The molecule has 6 nitrogen and oxygen atoms in total. The topological polar surface area (TPSA) is 92.7 Å². The second-order valence-corrected chi connectivity index (χ2v) is 6.58. The van der Waals surface area contributed by atoms with E-state index in [1.165, 1.54) is 0 Å². The van der Waals surface area contributed by atoms with E-state index in [1.807, 2.05) is 6.92 Å². The standard InChI is InChI=1S/C12H25NO5S/c1-4-18-8-9-19(16,17)13-11(3)7-5-6-10(2)12(14)15/h10-11,13H,4-9H2,1-3H3,(H,14,15). The number of rotatable bonds is 11. The first-order valence-electron chi connectivity index (χ1n) is 6.59. The van der Waals surface area contributed by atoms with Crippen molar-refractivity contribution in [1.29, 1.82) is 0 Å². The van der Waals surface area contributed by atoms with E-state index in [4.69, 9.17) is 9.84 Å². The number of nitrogens with one attached hydrogen (secondary N) is 1. The molecule has 0 saturated heterocycles. The van der Waals surface area contributed by atoms with E-state index in [2.05, 4.69) is 4.72 Å². The molecule has 0 amide bonds. The van der Waals surface area contributed by atoms with Crippen LogP contribution < -0.4 is 4.72 Å². The van der Waals surface area contributed by atoms with Gasteiger partial charge >= 0.3 is 5.97 Å². The number of carboxylic acids is 1. The molecule has 7 heteroatoms. The molecule has 2 N–H and O–H groups in total. The summed E-state index contributed by atoms with van der Waals surface area (Å²) in [6.45, 7) is 5.93. The van der Waals surface area contributed by atoms with E-state index in [0.717, 1.165) is 0 Å². The quantitative estimate of drug-likeness (QED) is 0.559. The average Bonchev–Trinajstić information content (AvgIpc) is 2.27. The summed E-state index contributed by atoms with van der Waals surface area (Å²) < 4.78 is 30.8. The van der Waals surface area contributed by atoms with E-state index in [-0.39, 0.29) is 24.3 Å². The van der Waals surface area contributed by atoms with Crippen LogP contribution in [0.15, 0.2) is 0 Å². The summed E-state index contributed by atoms with van der Waals surface area (Å²) in [6.07, 6.45) is 1.87. The molecule has 0 bridgehead atoms. The van der Waals surface area contributed by atoms with Crippen molar-refractivity contribution in [2.75, 3.05) is 19.0 Å². The SMILES string of the molecule is CCOCCS(=O)(=O)NC(C)CCCC(C)C(=O)O. The van der Waals surface area contributed by atoms with Crippen molar-refractivity contribution in [2.45, 2.75) is 46.1 Å². The number of hydrogen-bond acceptors (Lipinski definition) is 4. The largest absolute Gasteiger partial charge is 0.481 e. The minimum Gasteiger partial charge on any atom is -0.481 e. The van der Waals surface area contributed by atoms with E-state index in [9.17, 15) is 13.2 Å². The lowest BCUT2D eigenvalue weighted by atomic mass is 10.0. The van der Waals surface area contributed by atoms with Crippen molar-refractivity contribution < 1.29 is 23.1 Å². The summed E-state index contributed by atoms with van der Waals surface area (Å²) >= 11 is 0. The molecular formula is C12H25NO5S. The van der Waals surface area contributed by atoms with Gasteiger partial charge in [-0.15, -0.1) is 0 Å². The van der Waals surface area contributed by atoms with Gasteiger partial charge in [-0.05, 0) is 26.7 Å². The van der Waals surface area contributed by atoms with Gasteiger partial charge in [0, 0.05) is 12.6 Å². The van der Waals surface area contributed by atoms with Crippen LogP contribution in [0.5, 0.6) is 0 Å². The van der Waals surface area contributed by atoms with Crippen LogP contribution in [0.1, 0.15) is 40.0 Å². The first kappa shape index (κ1) is 18.3. The number of carboxylic acid groups (broad SMARTS) is 1. The van der Waals surface area contributed by atoms with Gasteiger partial charge in [-0.2, -0.15) is 0 Å². The molecule has 0 rings (SSSR count). The summed E-state index contributed by atoms with van der Waals surface area (Å²) in [4.78, 5) is 10.6. The minimum atomic E-state index is -3.31. The van der Waals surface area contributed by atoms with Crippen LogP contribution in [-0.4, -0.2) is 44.5 Å². The van der Waals surface area contributed by atoms with Crippen molar-refractivity contribution in [3.8, 4) is 0 Å². The third kappa shape index (κ3) is 9.86. The van der Waals surface area contributed by atoms with Crippen molar-refractivity contribution in [1.82, 2.24) is 4.72 Å². The Morgan fingerprint density at radius 3 is 2.47 bits per heavy atom. The van der Waals surface area contributed by atoms with Crippen LogP contribution in [0, 0.1) is 5.92 Å². The Morgan fingerprint density at radius 2 is 1.95 bits per heavy atom. The van der Waals surface area contributed by atoms with Crippen molar-refractivity contribution >= 4 is 16.0 Å². The van der Waals surface area contributed by atoms with Gasteiger partial charge in [0.05, 0.1) is 18.3 Å². The maximum atomic E-state index is 11.6. The number of aliphatic carboxylic acids is 1. The zero-order valence-electron chi connectivity index (χ0n) is 11.9. The van der Waals surface area contributed by atoms with Crippen LogP contribution >= 0.6 is 0 Å². The van der Waals surface area contributed by atoms with Crippen LogP contribution in [0.4, 0.5) is 0 Å². The lowest BCUT2D eigenvalue weighted by Crippen LogP contribution is -2.35. The molecular weight excluding hydrogens is 270 g/mol. The fourth-order valence-electron chi connectivity index (χ4n) is 1.59. The Labute approximate surface area is 115 Å². The Hall–Kier alpha value is -0.660. The molecule has 0 aliphatic heterocycles. The summed E-state index contributed by atoms with van der Waals surface area (Å²) in [6, 6.07) is -0.187. The Bertz CT molecular complexity index is 355. The van der Waals surface area contributed by atoms with E-state index in [1.54, 1.807) is 13.8 Å². The molecule has 0 aliphatic rings. The highest BCUT2D eigenvalue weighted by Crippen LogP contribution is 2.10. The average molecular weight is 295 g/mol. The Balaban J connectivity index is 3.90. The van der Waals surface area contributed by atoms with Crippen molar-refractivity contribution in [3.05, 3.63) is 0 Å². The number of sulfonamides is 1. The molecule has 2 atom stereocenters. The highest BCUT2D eigenvalue weighted by atomic mass is 32.2. The molecule has 0 heterocycles. The molecule has 19 heavy (non-hydrogen) atoms. The Kier molecular flexibility index (Phi) is 8.95. The fourth-order valence-corrected chi connectivity index (χ4v) is 2.78. The normalized spacial score (nSPS) is 15.1. The monoisotopic (exact) mass is 295 g/mol. The maximum Gasteiger partial charge on any atom is 0.306 e. The predicted octanol–water partition coefficient (Wildman–Crippen LogP) is 1.22. The first-order chi connectivity index (χ1) is 8.78. The van der Waals surface area contributed by atoms with Crippen molar-refractivity contribution in [2.24, 2.45) is 5.92 Å². The third-order valence-corrected chi connectivity index (χ3v) is 4.24. The molecule has 0 fully saturated rings. The lowest BCUT2D eigenvalue weighted by molar-refractivity contribution is -0.141. The highest BCUT2D eigenvalue weighted by Gasteiger charge is 2.15. The van der Waals surface area contributed by atoms with Crippen LogP contribution in [0.2, 0.25) is 0 Å². The summed E-state index contributed by atoms with van der Waals surface area (Å²) in [5, 5.41) is 8.73. The van der Waals surface area contributed by atoms with Crippen LogP contribution in [0.3, 0.4) is 0 Å². The number of ether oxygens (including phenoxy) is 1. The maximum absolute atomic E-state index is 11.6. The van der Waals surface area contributed by atoms with Crippen molar-refractivity contribution in [3.63, 3.8) is 0 Å². The molecule has 0 aliphatic carbocycles. The predicted molar refractivity (Wildman–Crippen MR) is 73.5 cm³/mol. The third-order valence-electron chi connectivity index (χ3n) is 2.78. The zero-order chi connectivity index (χ0) is 14.9. The second kappa shape index (κ2) is 9.28. The van der Waals surface area contributed by atoms with Gasteiger partial charge in [0.25, 0.3) is 0 Å². The molecule has 0 aromatic heterocycles. The van der Waals surface area contributed by atoms with Gasteiger partial charge in [0.2, 0.25) is 10.0 Å². The second-order valence-electron chi connectivity index (χ2n) is 4.70. The molecule has 0 saturated carbocycles. The first-order valence-corrected chi connectivity index (χ1v) is 8.24. The molecule has 0 spiro atoms. The minimum absolute atomic E-state index is 0.0449. The van der Waals surface area contributed by atoms with Gasteiger partial charge in [-0.25, -0.2) is 13.1 Å². The van der Waals surface area contributed by atoms with Gasteiger partial charge in [-0.1, -0.05) is 13.3 Å². The van der Waals surface area contributed by atoms with Gasteiger partial charge in [0.1, 0.15) is 0 Å². The zero-order valence-corrected chi connectivity index (χ0v) is 12.7. The van der Waals surface area contributed by atoms with Gasteiger partial charge in [-0.3, -0.25) is 4.79 Å². The molecule has 0 radical (unpaired) electrons. The molecule has 114 valence electrons. The van der Waals surface area contributed by atoms with Crippen LogP contribution in [0.25, 0.3) is 0 Å². The fraction of sp³-hybridized carbons (Fsp3) is 0.917. The lowest BCUT2D eigenvalue weighted by Gasteiger charge is -2.14. The molecule has 0 aromatic carbocycles. The Morgan fingerprint density at radius 1 is 1.32 bits per heavy atom. The summed E-state index contributed by atoms with van der Waals surface area (Å²) in [7, 11) is -3.31. The van der Waals surface area contributed by atoms with E-state index >= 15 is 0 Å². The van der Waals surface area contributed by atoms with Gasteiger partial charge < -0.3 is 9.84 Å². The summed E-state index contributed by atoms with van der Waals surface area (Å²) in [5.41, 5.74) is 0.